The number of amides is 2. The zero-order valence-corrected chi connectivity index (χ0v) is 20.4. The number of nitrogens with one attached hydrogen (secondary N) is 1. The van der Waals surface area contributed by atoms with Crippen molar-refractivity contribution in [1.29, 1.82) is 0 Å². The monoisotopic (exact) mass is 492 g/mol. The van der Waals surface area contributed by atoms with Crippen molar-refractivity contribution in [1.82, 2.24) is 14.7 Å². The van der Waals surface area contributed by atoms with Crippen LogP contribution in [-0.4, -0.2) is 52.2 Å². The smallest absolute Gasteiger partial charge is 0.359 e. The third-order valence-electron chi connectivity index (χ3n) is 6.22. The van der Waals surface area contributed by atoms with Gasteiger partial charge in [0.15, 0.2) is 12.3 Å². The van der Waals surface area contributed by atoms with Gasteiger partial charge in [0.1, 0.15) is 5.82 Å². The summed E-state index contributed by atoms with van der Waals surface area (Å²) < 4.78 is 20.3. The maximum Gasteiger partial charge on any atom is 0.359 e. The van der Waals surface area contributed by atoms with E-state index in [0.29, 0.717) is 36.4 Å². The summed E-state index contributed by atoms with van der Waals surface area (Å²) in [4.78, 5) is 39.6. The Labute approximate surface area is 209 Å². The van der Waals surface area contributed by atoms with Crippen molar-refractivity contribution < 1.29 is 23.5 Å². The van der Waals surface area contributed by atoms with Crippen LogP contribution in [0.15, 0.2) is 48.5 Å². The molecule has 8 nitrogen and oxygen atoms in total. The first-order chi connectivity index (χ1) is 17.4. The molecule has 0 aliphatic heterocycles. The summed E-state index contributed by atoms with van der Waals surface area (Å²) in [6.45, 7) is 4.48. The molecule has 0 radical (unpaired) electrons. The van der Waals surface area contributed by atoms with E-state index in [1.807, 2.05) is 13.8 Å². The van der Waals surface area contributed by atoms with Crippen LogP contribution in [-0.2, 0) is 22.4 Å². The fourth-order valence-corrected chi connectivity index (χ4v) is 4.38. The summed E-state index contributed by atoms with van der Waals surface area (Å²) in [5.41, 5.74) is 3.44. The molecule has 0 spiro atoms. The third-order valence-corrected chi connectivity index (χ3v) is 6.22. The number of fused-ring (bicyclic) bond motifs is 1. The molecule has 36 heavy (non-hydrogen) atoms. The number of hydrogen-bond donors (Lipinski definition) is 1. The SMILES string of the molecule is CCN(CC)C(=O)c1cccc(NC(=O)COC(=O)c2nn(-c3ccc(F)cc3)c3c2CCCC3)c1. The second-order valence-electron chi connectivity index (χ2n) is 8.55. The lowest BCUT2D eigenvalue weighted by Gasteiger charge is -2.19. The van der Waals surface area contributed by atoms with Crippen LogP contribution in [0, 0.1) is 5.82 Å². The van der Waals surface area contributed by atoms with Gasteiger partial charge < -0.3 is 15.0 Å². The Morgan fingerprint density at radius 2 is 1.78 bits per heavy atom. The maximum atomic E-state index is 13.4. The van der Waals surface area contributed by atoms with Crippen LogP contribution in [0.1, 0.15) is 58.8 Å². The Hall–Kier alpha value is -4.01. The second-order valence-corrected chi connectivity index (χ2v) is 8.55. The van der Waals surface area contributed by atoms with Gasteiger partial charge in [-0.25, -0.2) is 13.9 Å². The van der Waals surface area contributed by atoms with Crippen molar-refractivity contribution in [3.63, 3.8) is 0 Å². The summed E-state index contributed by atoms with van der Waals surface area (Å²) in [5, 5.41) is 7.13. The number of ether oxygens (including phenoxy) is 1. The van der Waals surface area contributed by atoms with E-state index < -0.39 is 18.5 Å². The number of esters is 1. The summed E-state index contributed by atoms with van der Waals surface area (Å²) in [5.74, 6) is -1.69. The standard InChI is InChI=1S/C27H29FN4O4/c1-3-31(4-2)26(34)18-8-7-9-20(16-18)29-24(33)17-36-27(35)25-22-10-5-6-11-23(22)32(30-25)21-14-12-19(28)13-15-21/h7-9,12-16H,3-6,10-11,17H2,1-2H3,(H,29,33). The molecule has 1 N–H and O–H groups in total. The van der Waals surface area contributed by atoms with Gasteiger partial charge in [0.25, 0.3) is 11.8 Å². The van der Waals surface area contributed by atoms with Crippen molar-refractivity contribution in [2.75, 3.05) is 25.0 Å². The highest BCUT2D eigenvalue weighted by molar-refractivity contribution is 5.98. The predicted octanol–water partition coefficient (Wildman–Crippen LogP) is 4.17. The summed E-state index contributed by atoms with van der Waals surface area (Å²) in [7, 11) is 0. The Morgan fingerprint density at radius 3 is 2.50 bits per heavy atom. The molecule has 1 aromatic heterocycles. The molecule has 0 fully saturated rings. The van der Waals surface area contributed by atoms with Crippen LogP contribution in [0.5, 0.6) is 0 Å². The van der Waals surface area contributed by atoms with Crippen LogP contribution in [0.25, 0.3) is 5.69 Å². The molecule has 2 aromatic carbocycles. The lowest BCUT2D eigenvalue weighted by atomic mass is 9.95. The van der Waals surface area contributed by atoms with Gasteiger partial charge in [-0.15, -0.1) is 0 Å². The van der Waals surface area contributed by atoms with Gasteiger partial charge in [0.2, 0.25) is 0 Å². The quantitative estimate of drug-likeness (QED) is 0.477. The van der Waals surface area contributed by atoms with Gasteiger partial charge in [-0.05, 0) is 82.0 Å². The highest BCUT2D eigenvalue weighted by atomic mass is 19.1. The summed E-state index contributed by atoms with van der Waals surface area (Å²) in [6.07, 6.45) is 3.31. The highest BCUT2D eigenvalue weighted by Crippen LogP contribution is 2.27. The maximum absolute atomic E-state index is 13.4. The fraction of sp³-hybridized carbons (Fsp3) is 0.333. The van der Waals surface area contributed by atoms with Crippen LogP contribution in [0.3, 0.4) is 0 Å². The summed E-state index contributed by atoms with van der Waals surface area (Å²) in [6, 6.07) is 12.6. The van der Waals surface area contributed by atoms with Crippen molar-refractivity contribution in [2.24, 2.45) is 0 Å². The van der Waals surface area contributed by atoms with E-state index in [9.17, 15) is 18.8 Å². The molecule has 2 amide bonds. The number of hydrogen-bond acceptors (Lipinski definition) is 5. The topological polar surface area (TPSA) is 93.5 Å². The number of rotatable bonds is 8. The molecule has 0 bridgehead atoms. The van der Waals surface area contributed by atoms with Gasteiger partial charge in [0, 0.05) is 35.6 Å². The Bertz CT molecular complexity index is 1270. The number of anilines is 1. The number of halogens is 1. The second kappa shape index (κ2) is 11.2. The molecule has 3 aromatic rings. The molecule has 4 rings (SSSR count). The predicted molar refractivity (Wildman–Crippen MR) is 133 cm³/mol. The van der Waals surface area contributed by atoms with Crippen molar-refractivity contribution in [2.45, 2.75) is 39.5 Å². The molecule has 9 heteroatoms. The Balaban J connectivity index is 1.43. The van der Waals surface area contributed by atoms with Crippen molar-refractivity contribution in [3.8, 4) is 5.69 Å². The fourth-order valence-electron chi connectivity index (χ4n) is 4.38. The molecule has 1 aliphatic rings. The molecule has 0 saturated carbocycles. The first-order valence-corrected chi connectivity index (χ1v) is 12.1. The van der Waals surface area contributed by atoms with Crippen LogP contribution >= 0.6 is 0 Å². The van der Waals surface area contributed by atoms with Gasteiger partial charge in [-0.2, -0.15) is 5.10 Å². The van der Waals surface area contributed by atoms with E-state index in [4.69, 9.17) is 4.74 Å². The molecular weight excluding hydrogens is 463 g/mol. The van der Waals surface area contributed by atoms with E-state index in [2.05, 4.69) is 10.4 Å². The minimum atomic E-state index is -0.686. The van der Waals surface area contributed by atoms with Crippen molar-refractivity contribution in [3.05, 3.63) is 76.9 Å². The number of nitrogens with zero attached hydrogens (tertiary/aromatic N) is 3. The minimum absolute atomic E-state index is 0.121. The zero-order chi connectivity index (χ0) is 25.7. The number of carbonyl (C=O) groups excluding carboxylic acids is 3. The highest BCUT2D eigenvalue weighted by Gasteiger charge is 2.27. The molecule has 0 atom stereocenters. The lowest BCUT2D eigenvalue weighted by molar-refractivity contribution is -0.119. The lowest BCUT2D eigenvalue weighted by Crippen LogP contribution is -2.30. The van der Waals surface area contributed by atoms with Gasteiger partial charge in [-0.1, -0.05) is 6.07 Å². The summed E-state index contributed by atoms with van der Waals surface area (Å²) >= 11 is 0. The van der Waals surface area contributed by atoms with E-state index in [0.717, 1.165) is 30.5 Å². The van der Waals surface area contributed by atoms with E-state index in [1.165, 1.54) is 12.1 Å². The zero-order valence-electron chi connectivity index (χ0n) is 20.4. The molecule has 1 aliphatic carbocycles. The van der Waals surface area contributed by atoms with Crippen LogP contribution < -0.4 is 5.32 Å². The Kier molecular flexibility index (Phi) is 7.77. The first-order valence-electron chi connectivity index (χ1n) is 12.1. The largest absolute Gasteiger partial charge is 0.451 e. The number of carbonyl (C=O) groups is 3. The van der Waals surface area contributed by atoms with Gasteiger partial charge >= 0.3 is 5.97 Å². The molecular formula is C27H29FN4O4. The van der Waals surface area contributed by atoms with Crippen LogP contribution in [0.4, 0.5) is 10.1 Å². The average Bonchev–Trinajstić information content (AvgIpc) is 3.28. The van der Waals surface area contributed by atoms with E-state index >= 15 is 0 Å². The van der Waals surface area contributed by atoms with Gasteiger partial charge in [-0.3, -0.25) is 9.59 Å². The molecule has 0 unspecified atom stereocenters. The molecule has 1 heterocycles. The van der Waals surface area contributed by atoms with Crippen LogP contribution in [0.2, 0.25) is 0 Å². The molecule has 188 valence electrons. The number of aromatic nitrogens is 2. The first kappa shape index (κ1) is 25.1. The molecule has 0 saturated heterocycles. The van der Waals surface area contributed by atoms with E-state index in [-0.39, 0.29) is 17.4 Å². The van der Waals surface area contributed by atoms with E-state index in [1.54, 1.807) is 46.0 Å². The number of benzene rings is 2. The normalized spacial score (nSPS) is 12.5. The van der Waals surface area contributed by atoms with Crippen molar-refractivity contribution >= 4 is 23.5 Å². The van der Waals surface area contributed by atoms with Gasteiger partial charge in [0.05, 0.1) is 5.69 Å². The third kappa shape index (κ3) is 5.45. The Morgan fingerprint density at radius 1 is 1.06 bits per heavy atom. The minimum Gasteiger partial charge on any atom is -0.451 e. The average molecular weight is 493 g/mol.